The van der Waals surface area contributed by atoms with Crippen LogP contribution in [0.5, 0.6) is 17.4 Å². The summed E-state index contributed by atoms with van der Waals surface area (Å²) in [5.41, 5.74) is 5.68. The molecule has 1 fully saturated rings. The number of carbonyl (C=O) groups excluding carboxylic acids is 3. The summed E-state index contributed by atoms with van der Waals surface area (Å²) in [6, 6.07) is 16.4. The zero-order valence-corrected chi connectivity index (χ0v) is 45.9. The van der Waals surface area contributed by atoms with Crippen molar-refractivity contribution in [3.8, 4) is 17.4 Å². The van der Waals surface area contributed by atoms with Gasteiger partial charge in [0.15, 0.2) is 15.7 Å². The number of amides is 3. The second kappa shape index (κ2) is 21.4. The molecule has 6 aromatic rings. The molecule has 0 bridgehead atoms. The van der Waals surface area contributed by atoms with Gasteiger partial charge in [-0.1, -0.05) is 51.1 Å². The maximum absolute atomic E-state index is 14.9. The Morgan fingerprint density at radius 1 is 0.855 bits per heavy atom. The number of sulfone groups is 1. The van der Waals surface area contributed by atoms with Gasteiger partial charge in [-0.15, -0.1) is 0 Å². The summed E-state index contributed by atoms with van der Waals surface area (Å²) in [6.45, 7) is 17.5. The number of aromatic nitrogens is 6. The van der Waals surface area contributed by atoms with Gasteiger partial charge in [0.05, 0.1) is 22.3 Å². The Hall–Kier alpha value is -7.19. The Kier molecular flexibility index (Phi) is 15.1. The number of ether oxygens (including phenoxy) is 2. The number of anilines is 3. The van der Waals surface area contributed by atoms with Gasteiger partial charge in [-0.3, -0.25) is 19.5 Å². The molecule has 1 aliphatic carbocycles. The second-order valence-corrected chi connectivity index (χ2v) is 25.0. The van der Waals surface area contributed by atoms with Crippen LogP contribution < -0.4 is 35.6 Å². The van der Waals surface area contributed by atoms with E-state index in [9.17, 15) is 22.8 Å². The van der Waals surface area contributed by atoms with Crippen molar-refractivity contribution in [3.05, 3.63) is 107 Å². The molecule has 3 aliphatic rings. The largest absolute Gasteiger partial charge is 0.489 e. The molecule has 0 spiro atoms. The number of nitrogens with zero attached hydrogens (tertiary/aromatic N) is 7. The highest BCUT2D eigenvalue weighted by molar-refractivity contribution is 7.92. The second-order valence-electron chi connectivity index (χ2n) is 22.3. The first-order valence-corrected chi connectivity index (χ1v) is 27.6. The zero-order valence-electron chi connectivity index (χ0n) is 45.1. The molecular weight excluding hydrogens is 985 g/mol. The van der Waals surface area contributed by atoms with Crippen molar-refractivity contribution in [1.82, 2.24) is 51.0 Å². The predicted molar refractivity (Wildman–Crippen MR) is 290 cm³/mol. The lowest BCUT2D eigenvalue weighted by Crippen LogP contribution is -2.62. The molecule has 2 unspecified atom stereocenters. The number of hydrogen-bond acceptors (Lipinski definition) is 15. The minimum Gasteiger partial charge on any atom is -0.489 e. The minimum atomic E-state index is -3.90. The number of rotatable bonds is 14. The number of aryl methyl sites for hydroxylation is 2. The van der Waals surface area contributed by atoms with E-state index in [1.54, 1.807) is 57.8 Å². The van der Waals surface area contributed by atoms with Gasteiger partial charge in [0.2, 0.25) is 23.6 Å². The van der Waals surface area contributed by atoms with Gasteiger partial charge < -0.3 is 40.5 Å². The van der Waals surface area contributed by atoms with Crippen molar-refractivity contribution in [1.29, 1.82) is 0 Å². The third kappa shape index (κ3) is 11.2. The van der Waals surface area contributed by atoms with E-state index < -0.39 is 38.1 Å². The molecule has 5 heterocycles. The lowest BCUT2D eigenvalue weighted by Gasteiger charge is -2.41. The molecule has 3 aromatic heterocycles. The van der Waals surface area contributed by atoms with E-state index in [0.717, 1.165) is 47.2 Å². The molecule has 19 nitrogen and oxygen atoms in total. The Bertz CT molecular complexity index is 3270. The van der Waals surface area contributed by atoms with Gasteiger partial charge >= 0.3 is 0 Å². The number of aromatic amines is 1. The average Bonchev–Trinajstić information content (AvgIpc) is 3.71. The van der Waals surface area contributed by atoms with Crippen molar-refractivity contribution in [3.63, 3.8) is 0 Å². The van der Waals surface area contributed by atoms with Crippen molar-refractivity contribution in [2.24, 2.45) is 5.41 Å². The number of carbonyl (C=O) groups is 3. The van der Waals surface area contributed by atoms with E-state index in [1.807, 2.05) is 65.0 Å². The highest BCUT2D eigenvalue weighted by Crippen LogP contribution is 2.40. The molecule has 20 heteroatoms. The first kappa shape index (κ1) is 53.6. The summed E-state index contributed by atoms with van der Waals surface area (Å²) in [6.07, 6.45) is 6.67. The van der Waals surface area contributed by atoms with Crippen LogP contribution in [0.1, 0.15) is 114 Å². The predicted octanol–water partition coefficient (Wildman–Crippen LogP) is 7.50. The van der Waals surface area contributed by atoms with Gasteiger partial charge in [-0.2, -0.15) is 5.10 Å². The van der Waals surface area contributed by atoms with E-state index in [-0.39, 0.29) is 53.5 Å². The first-order valence-electron chi connectivity index (χ1n) is 26.1. The molecule has 3 amide bonds. The fraction of sp³-hybridized carbons (Fsp3) is 0.464. The van der Waals surface area contributed by atoms with E-state index in [1.165, 1.54) is 18.2 Å². The van der Waals surface area contributed by atoms with Crippen molar-refractivity contribution in [2.75, 3.05) is 30.4 Å². The molecule has 76 heavy (non-hydrogen) atoms. The van der Waals surface area contributed by atoms with Crippen molar-refractivity contribution >= 4 is 55.9 Å². The fourth-order valence-electron chi connectivity index (χ4n) is 10.1. The number of H-pyrrole nitrogens is 1. The molecule has 402 valence electrons. The lowest BCUT2D eigenvalue weighted by atomic mass is 9.83. The number of benzene rings is 3. The van der Waals surface area contributed by atoms with Crippen LogP contribution in [0.25, 0.3) is 10.9 Å². The van der Waals surface area contributed by atoms with Gasteiger partial charge in [0.1, 0.15) is 58.9 Å². The van der Waals surface area contributed by atoms with Crippen LogP contribution >= 0.6 is 0 Å². The average molecular weight is 1060 g/mol. The van der Waals surface area contributed by atoms with E-state index in [2.05, 4.69) is 68.4 Å². The minimum absolute atomic E-state index is 0.0608. The van der Waals surface area contributed by atoms with Crippen LogP contribution in [0.15, 0.2) is 78.2 Å². The Labute approximate surface area is 444 Å². The molecule has 2 aliphatic heterocycles. The maximum Gasteiger partial charge on any atom is 0.246 e. The van der Waals surface area contributed by atoms with Crippen LogP contribution in [0.2, 0.25) is 0 Å². The van der Waals surface area contributed by atoms with Gasteiger partial charge in [-0.05, 0) is 114 Å². The van der Waals surface area contributed by atoms with Crippen LogP contribution in [-0.2, 0) is 43.6 Å². The number of nitrogens with one attached hydrogen (secondary N) is 5. The third-order valence-electron chi connectivity index (χ3n) is 15.0. The molecule has 1 saturated heterocycles. The van der Waals surface area contributed by atoms with E-state index >= 15 is 0 Å². The highest BCUT2D eigenvalue weighted by atomic mass is 32.2. The molecule has 0 saturated carbocycles. The van der Waals surface area contributed by atoms with Crippen molar-refractivity contribution in [2.45, 2.75) is 147 Å². The van der Waals surface area contributed by atoms with Gasteiger partial charge in [0, 0.05) is 67.7 Å². The molecule has 4 atom stereocenters. The van der Waals surface area contributed by atoms with Gasteiger partial charge in [-0.25, -0.2) is 28.4 Å². The van der Waals surface area contributed by atoms with Crippen LogP contribution in [0, 0.1) is 19.3 Å². The topological polar surface area (TPSA) is 239 Å². The maximum atomic E-state index is 14.9. The summed E-state index contributed by atoms with van der Waals surface area (Å²) in [7, 11) is -2.21. The summed E-state index contributed by atoms with van der Waals surface area (Å²) < 4.78 is 40.3. The SMILES string of the molecule is CNC(C)C(=O)NC(C(=O)N1Cc2cc(Oc3cc(N4CCC(Oc5cc6ncnc(Nc7n[nH]c(C)c7C)c6cc5S(=O)(=O)C(C)(C)C)CC4)ncn3)ccc2C[C@H]1C(=O)N[C@@H]1CCCc2ccccc21)C(C)(C)C. The number of likely N-dealkylation sites (N-methyl/N-ethyl adjacent to an activating group) is 1. The summed E-state index contributed by atoms with van der Waals surface area (Å²) in [5.74, 6) is 1.79. The summed E-state index contributed by atoms with van der Waals surface area (Å²) in [5, 5.41) is 20.3. The Morgan fingerprint density at radius 3 is 2.32 bits per heavy atom. The monoisotopic (exact) mass is 1050 g/mol. The van der Waals surface area contributed by atoms with Crippen LogP contribution in [0.4, 0.5) is 17.5 Å². The van der Waals surface area contributed by atoms with Crippen LogP contribution in [0.3, 0.4) is 0 Å². The number of piperidine rings is 1. The molecular formula is C56H70N12O7S. The van der Waals surface area contributed by atoms with Gasteiger partial charge in [0.25, 0.3) is 0 Å². The molecule has 3 aromatic carbocycles. The Balaban J connectivity index is 0.914. The molecule has 0 radical (unpaired) electrons. The van der Waals surface area contributed by atoms with Crippen molar-refractivity contribution < 1.29 is 32.3 Å². The number of hydrogen-bond donors (Lipinski definition) is 5. The highest BCUT2D eigenvalue weighted by Gasteiger charge is 2.43. The lowest BCUT2D eigenvalue weighted by molar-refractivity contribution is -0.147. The number of fused-ring (bicyclic) bond motifs is 3. The standard InChI is InChI=1S/C56H70N12O7S/c1-32-33(2)65-66-50(32)64-51-41-26-46(76(72,73)56(7,8)9)45(27-43(41)58-30-61-51)74-38-20-22-67(23-21-38)47-28-48(60-31-59-47)75-39-19-18-36-25-44(53(70)62-42-17-13-15-35-14-11-12-16-40(35)42)68(29-37(36)24-39)54(71)49(55(4,5)6)63-52(69)34(3)57-10/h11-12,14,16,18-19,24,26-28,30-31,34,38,42,44,49,57H,13,15,17,20-23,25,29H2,1-10H3,(H,62,70)(H,63,69)(H2,58,61,64,65,66)/t34?,42-,44+,49?/m1/s1. The molecule has 5 N–H and O–H groups in total. The molecule has 9 rings (SSSR count). The normalized spacial score (nSPS) is 18.0. The fourth-order valence-corrected chi connectivity index (χ4v) is 11.4. The summed E-state index contributed by atoms with van der Waals surface area (Å²) >= 11 is 0. The quantitative estimate of drug-likeness (QED) is 0.0710. The first-order chi connectivity index (χ1) is 36.1. The van der Waals surface area contributed by atoms with E-state index in [0.29, 0.717) is 65.9 Å². The Morgan fingerprint density at radius 2 is 1.61 bits per heavy atom. The third-order valence-corrected chi connectivity index (χ3v) is 17.5. The van der Waals surface area contributed by atoms with E-state index in [4.69, 9.17) is 9.47 Å². The smallest absolute Gasteiger partial charge is 0.246 e. The van der Waals surface area contributed by atoms with Crippen LogP contribution in [-0.4, -0.2) is 110 Å². The zero-order chi connectivity index (χ0) is 54.3. The summed E-state index contributed by atoms with van der Waals surface area (Å²) in [4.78, 5) is 64.5.